The first kappa shape index (κ1) is 15.9. The summed E-state index contributed by atoms with van der Waals surface area (Å²) < 4.78 is 0. The van der Waals surface area contributed by atoms with Crippen molar-refractivity contribution in [2.24, 2.45) is 0 Å². The number of nitrogens with one attached hydrogen (secondary N) is 2. The molecule has 7 heteroatoms. The minimum atomic E-state index is -0.295. The molecule has 2 amide bonds. The van der Waals surface area contributed by atoms with Crippen molar-refractivity contribution < 1.29 is 9.59 Å². The highest BCUT2D eigenvalue weighted by Crippen LogP contribution is 2.38. The van der Waals surface area contributed by atoms with Crippen molar-refractivity contribution in [1.29, 1.82) is 0 Å². The Morgan fingerprint density at radius 3 is 2.71 bits per heavy atom. The smallest absolute Gasteiger partial charge is 0.246 e. The minimum absolute atomic E-state index is 0.0295. The summed E-state index contributed by atoms with van der Waals surface area (Å²) in [5.74, 6) is 1.56. The van der Waals surface area contributed by atoms with Crippen molar-refractivity contribution in [3.05, 3.63) is 42.7 Å². The number of aromatic amines is 1. The van der Waals surface area contributed by atoms with E-state index < -0.39 is 0 Å². The normalized spacial score (nSPS) is 13.4. The molecule has 7 nitrogen and oxygen atoms in total. The molecule has 0 saturated heterocycles. The molecule has 2 N–H and O–H groups in total. The number of anilines is 1. The van der Waals surface area contributed by atoms with Crippen molar-refractivity contribution in [3.8, 4) is 11.4 Å². The van der Waals surface area contributed by atoms with E-state index in [9.17, 15) is 9.59 Å². The molecule has 1 heterocycles. The standard InChI is InChI=1S/C17H19N5O2/c1-3-15(24)22(2)10-14(23)18-13-8-6-12(7-9-13)17-19-16(20-21-17)11-4-5-11/h3,6-9,11H,1,4-5,10H2,2H3,(H,18,23)(H,19,20,21). The topological polar surface area (TPSA) is 91.0 Å². The Bertz CT molecular complexity index is 762. The molecule has 1 aromatic heterocycles. The van der Waals surface area contributed by atoms with E-state index in [1.807, 2.05) is 12.1 Å². The van der Waals surface area contributed by atoms with Crippen molar-refractivity contribution in [2.75, 3.05) is 18.9 Å². The molecule has 24 heavy (non-hydrogen) atoms. The molecule has 1 aromatic carbocycles. The molecule has 1 aliphatic carbocycles. The van der Waals surface area contributed by atoms with Gasteiger partial charge in [-0.2, -0.15) is 5.10 Å². The number of benzene rings is 1. The molecule has 0 radical (unpaired) electrons. The second-order valence-electron chi connectivity index (χ2n) is 5.84. The first-order valence-electron chi connectivity index (χ1n) is 7.77. The number of hydrogen-bond donors (Lipinski definition) is 2. The summed E-state index contributed by atoms with van der Waals surface area (Å²) in [6.07, 6.45) is 3.51. The lowest BCUT2D eigenvalue weighted by Crippen LogP contribution is -2.33. The molecule has 0 atom stereocenters. The van der Waals surface area contributed by atoms with E-state index in [2.05, 4.69) is 27.1 Å². The van der Waals surface area contributed by atoms with Gasteiger partial charge in [0.15, 0.2) is 5.82 Å². The van der Waals surface area contributed by atoms with Crippen LogP contribution in [-0.2, 0) is 9.59 Å². The van der Waals surface area contributed by atoms with E-state index in [4.69, 9.17) is 0 Å². The largest absolute Gasteiger partial charge is 0.333 e. The molecular formula is C17H19N5O2. The van der Waals surface area contributed by atoms with Gasteiger partial charge in [-0.15, -0.1) is 0 Å². The zero-order valence-electron chi connectivity index (χ0n) is 13.5. The van der Waals surface area contributed by atoms with Crippen LogP contribution in [0.25, 0.3) is 11.4 Å². The van der Waals surface area contributed by atoms with Gasteiger partial charge in [-0.25, -0.2) is 4.98 Å². The maximum absolute atomic E-state index is 11.9. The zero-order chi connectivity index (χ0) is 17.1. The Morgan fingerprint density at radius 1 is 1.38 bits per heavy atom. The third kappa shape index (κ3) is 3.68. The van der Waals surface area contributed by atoms with Crippen LogP contribution in [0.1, 0.15) is 24.6 Å². The van der Waals surface area contributed by atoms with Gasteiger partial charge in [0, 0.05) is 24.2 Å². The summed E-state index contributed by atoms with van der Waals surface area (Å²) in [5.41, 5.74) is 1.54. The summed E-state index contributed by atoms with van der Waals surface area (Å²) in [4.78, 5) is 29.1. The van der Waals surface area contributed by atoms with Crippen molar-refractivity contribution >= 4 is 17.5 Å². The maximum atomic E-state index is 11.9. The average Bonchev–Trinajstić information content (AvgIpc) is 3.32. The number of aromatic nitrogens is 3. The Kier molecular flexibility index (Phi) is 4.41. The van der Waals surface area contributed by atoms with E-state index in [0.717, 1.165) is 11.4 Å². The zero-order valence-corrected chi connectivity index (χ0v) is 13.5. The van der Waals surface area contributed by atoms with Crippen LogP contribution in [0.3, 0.4) is 0 Å². The van der Waals surface area contributed by atoms with Gasteiger partial charge in [0.2, 0.25) is 11.8 Å². The second-order valence-corrected chi connectivity index (χ2v) is 5.84. The van der Waals surface area contributed by atoms with E-state index in [1.54, 1.807) is 19.2 Å². The molecule has 2 aromatic rings. The fraction of sp³-hybridized carbons (Fsp3) is 0.294. The Labute approximate surface area is 139 Å². The Hall–Kier alpha value is -2.96. The lowest BCUT2D eigenvalue weighted by Gasteiger charge is -2.14. The predicted octanol–water partition coefficient (Wildman–Crippen LogP) is 1.93. The number of hydrogen-bond acceptors (Lipinski definition) is 4. The highest BCUT2D eigenvalue weighted by Gasteiger charge is 2.27. The van der Waals surface area contributed by atoms with Crippen molar-refractivity contribution in [1.82, 2.24) is 20.1 Å². The molecule has 3 rings (SSSR count). The van der Waals surface area contributed by atoms with Gasteiger partial charge in [-0.1, -0.05) is 6.58 Å². The molecule has 0 bridgehead atoms. The molecule has 1 aliphatic rings. The van der Waals surface area contributed by atoms with E-state index in [0.29, 0.717) is 17.4 Å². The van der Waals surface area contributed by atoms with Gasteiger partial charge in [0.05, 0.1) is 6.54 Å². The van der Waals surface area contributed by atoms with Gasteiger partial charge in [-0.05, 0) is 43.2 Å². The highest BCUT2D eigenvalue weighted by atomic mass is 16.2. The number of rotatable bonds is 6. The lowest BCUT2D eigenvalue weighted by atomic mass is 10.2. The van der Waals surface area contributed by atoms with Gasteiger partial charge < -0.3 is 10.2 Å². The van der Waals surface area contributed by atoms with E-state index in [-0.39, 0.29) is 18.4 Å². The molecule has 0 spiro atoms. The number of likely N-dealkylation sites (N-methyl/N-ethyl adjacent to an activating group) is 1. The fourth-order valence-electron chi connectivity index (χ4n) is 2.30. The Morgan fingerprint density at radius 2 is 2.08 bits per heavy atom. The molecule has 1 fully saturated rings. The molecular weight excluding hydrogens is 306 g/mol. The first-order chi connectivity index (χ1) is 11.6. The molecule has 1 saturated carbocycles. The third-order valence-corrected chi connectivity index (χ3v) is 3.83. The van der Waals surface area contributed by atoms with Crippen LogP contribution in [0, 0.1) is 0 Å². The average molecular weight is 325 g/mol. The lowest BCUT2D eigenvalue weighted by molar-refractivity contribution is -0.129. The molecule has 124 valence electrons. The number of carbonyl (C=O) groups excluding carboxylic acids is 2. The predicted molar refractivity (Wildman–Crippen MR) is 90.3 cm³/mol. The van der Waals surface area contributed by atoms with Gasteiger partial charge >= 0.3 is 0 Å². The van der Waals surface area contributed by atoms with Crippen molar-refractivity contribution in [3.63, 3.8) is 0 Å². The van der Waals surface area contributed by atoms with Gasteiger partial charge in [-0.3, -0.25) is 14.7 Å². The maximum Gasteiger partial charge on any atom is 0.246 e. The number of amides is 2. The quantitative estimate of drug-likeness (QED) is 0.794. The first-order valence-corrected chi connectivity index (χ1v) is 7.77. The van der Waals surface area contributed by atoms with E-state index >= 15 is 0 Å². The van der Waals surface area contributed by atoms with Crippen molar-refractivity contribution in [2.45, 2.75) is 18.8 Å². The van der Waals surface area contributed by atoms with E-state index in [1.165, 1.54) is 23.8 Å². The van der Waals surface area contributed by atoms with Crippen LogP contribution < -0.4 is 5.32 Å². The van der Waals surface area contributed by atoms with Crippen LogP contribution in [-0.4, -0.2) is 45.5 Å². The SMILES string of the molecule is C=CC(=O)N(C)CC(=O)Nc1ccc(-c2n[nH]c(C3CC3)n2)cc1. The third-order valence-electron chi connectivity index (χ3n) is 3.83. The molecule has 0 unspecified atom stereocenters. The molecule has 0 aliphatic heterocycles. The van der Waals surface area contributed by atoms with Gasteiger partial charge in [0.1, 0.15) is 5.82 Å². The summed E-state index contributed by atoms with van der Waals surface area (Å²) >= 11 is 0. The monoisotopic (exact) mass is 325 g/mol. The second kappa shape index (κ2) is 6.66. The summed E-state index contributed by atoms with van der Waals surface area (Å²) in [6.45, 7) is 3.36. The van der Waals surface area contributed by atoms with Crippen LogP contribution in [0.4, 0.5) is 5.69 Å². The van der Waals surface area contributed by atoms with Crippen LogP contribution in [0.5, 0.6) is 0 Å². The van der Waals surface area contributed by atoms with Crippen LogP contribution >= 0.6 is 0 Å². The summed E-state index contributed by atoms with van der Waals surface area (Å²) in [5, 5.41) is 9.95. The number of H-pyrrole nitrogens is 1. The highest BCUT2D eigenvalue weighted by molar-refractivity contribution is 5.96. The minimum Gasteiger partial charge on any atom is -0.333 e. The summed E-state index contributed by atoms with van der Waals surface area (Å²) in [7, 11) is 1.55. The summed E-state index contributed by atoms with van der Waals surface area (Å²) in [6, 6.07) is 7.29. The number of carbonyl (C=O) groups is 2. The van der Waals surface area contributed by atoms with Crippen LogP contribution in [0.15, 0.2) is 36.9 Å². The fourth-order valence-corrected chi connectivity index (χ4v) is 2.30. The van der Waals surface area contributed by atoms with Crippen LogP contribution in [0.2, 0.25) is 0 Å². The van der Waals surface area contributed by atoms with Gasteiger partial charge in [0.25, 0.3) is 0 Å². The number of nitrogens with zero attached hydrogens (tertiary/aromatic N) is 3. The Balaban J connectivity index is 1.60.